The van der Waals surface area contributed by atoms with E-state index in [-0.39, 0.29) is 12.1 Å². The maximum Gasteiger partial charge on any atom is 0.282 e. The highest BCUT2D eigenvalue weighted by molar-refractivity contribution is 6.30. The number of ether oxygens (including phenoxy) is 1. The van der Waals surface area contributed by atoms with Gasteiger partial charge in [0.1, 0.15) is 12.6 Å². The van der Waals surface area contributed by atoms with Crippen LogP contribution >= 0.6 is 11.6 Å². The van der Waals surface area contributed by atoms with Crippen LogP contribution in [0.5, 0.6) is 0 Å². The SMILES string of the molecule is NC1=NC(c2cccc(Cl)c2)CO1. The molecule has 0 bridgehead atoms. The molecule has 0 aromatic heterocycles. The van der Waals surface area contributed by atoms with E-state index in [2.05, 4.69) is 4.99 Å². The lowest BCUT2D eigenvalue weighted by Gasteiger charge is -2.04. The molecular formula is C9H9ClN2O. The second kappa shape index (κ2) is 3.26. The van der Waals surface area contributed by atoms with Crippen molar-refractivity contribution in [3.05, 3.63) is 34.9 Å². The van der Waals surface area contributed by atoms with E-state index in [1.54, 1.807) is 0 Å². The molecule has 1 aliphatic rings. The van der Waals surface area contributed by atoms with E-state index in [4.69, 9.17) is 22.1 Å². The number of halogens is 1. The van der Waals surface area contributed by atoms with Crippen molar-refractivity contribution in [1.82, 2.24) is 0 Å². The molecular weight excluding hydrogens is 188 g/mol. The Morgan fingerprint density at radius 1 is 1.54 bits per heavy atom. The van der Waals surface area contributed by atoms with E-state index in [0.29, 0.717) is 11.6 Å². The first-order chi connectivity index (χ1) is 6.25. The standard InChI is InChI=1S/C9H9ClN2O/c10-7-3-1-2-6(4-7)8-5-13-9(11)12-8/h1-4,8H,5H2,(H2,11,12). The molecule has 0 aliphatic carbocycles. The number of amidine groups is 1. The Morgan fingerprint density at radius 2 is 2.38 bits per heavy atom. The van der Waals surface area contributed by atoms with Gasteiger partial charge < -0.3 is 10.5 Å². The van der Waals surface area contributed by atoms with E-state index in [1.165, 1.54) is 0 Å². The summed E-state index contributed by atoms with van der Waals surface area (Å²) in [6.45, 7) is 0.506. The molecule has 4 heteroatoms. The largest absolute Gasteiger partial charge is 0.463 e. The summed E-state index contributed by atoms with van der Waals surface area (Å²) in [4.78, 5) is 4.11. The van der Waals surface area contributed by atoms with E-state index in [1.807, 2.05) is 24.3 Å². The Bertz CT molecular complexity index is 351. The molecule has 0 radical (unpaired) electrons. The number of nitrogens with zero attached hydrogens (tertiary/aromatic N) is 1. The van der Waals surface area contributed by atoms with Crippen LogP contribution in [-0.2, 0) is 4.74 Å². The molecule has 0 amide bonds. The lowest BCUT2D eigenvalue weighted by Crippen LogP contribution is -2.10. The van der Waals surface area contributed by atoms with Gasteiger partial charge in [-0.15, -0.1) is 0 Å². The summed E-state index contributed by atoms with van der Waals surface area (Å²) in [7, 11) is 0. The van der Waals surface area contributed by atoms with E-state index < -0.39 is 0 Å². The third-order valence-electron chi connectivity index (χ3n) is 1.91. The van der Waals surface area contributed by atoms with Gasteiger partial charge in [0.05, 0.1) is 0 Å². The van der Waals surface area contributed by atoms with Gasteiger partial charge in [0, 0.05) is 5.02 Å². The maximum absolute atomic E-state index is 5.84. The third-order valence-corrected chi connectivity index (χ3v) is 2.14. The monoisotopic (exact) mass is 196 g/mol. The van der Waals surface area contributed by atoms with Crippen molar-refractivity contribution < 1.29 is 4.74 Å². The summed E-state index contributed by atoms with van der Waals surface area (Å²) in [5.41, 5.74) is 6.43. The van der Waals surface area contributed by atoms with Gasteiger partial charge in [-0.3, -0.25) is 0 Å². The fourth-order valence-corrected chi connectivity index (χ4v) is 1.48. The first-order valence-electron chi connectivity index (χ1n) is 3.97. The topological polar surface area (TPSA) is 47.6 Å². The van der Waals surface area contributed by atoms with Crippen LogP contribution in [0, 0.1) is 0 Å². The van der Waals surface area contributed by atoms with Gasteiger partial charge in [-0.25, -0.2) is 4.99 Å². The Labute approximate surface area is 81.2 Å². The molecule has 0 saturated carbocycles. The fraction of sp³-hybridized carbons (Fsp3) is 0.222. The van der Waals surface area contributed by atoms with Gasteiger partial charge in [0.25, 0.3) is 6.02 Å². The summed E-state index contributed by atoms with van der Waals surface area (Å²) < 4.78 is 5.04. The number of hydrogen-bond donors (Lipinski definition) is 1. The quantitative estimate of drug-likeness (QED) is 0.744. The van der Waals surface area contributed by atoms with Crippen molar-refractivity contribution in [3.8, 4) is 0 Å². The van der Waals surface area contributed by atoms with Crippen molar-refractivity contribution in [3.63, 3.8) is 0 Å². The van der Waals surface area contributed by atoms with Gasteiger partial charge in [-0.2, -0.15) is 0 Å². The lowest BCUT2D eigenvalue weighted by atomic mass is 10.1. The molecule has 1 aromatic carbocycles. The minimum absolute atomic E-state index is 0.00120. The van der Waals surface area contributed by atoms with Gasteiger partial charge in [-0.1, -0.05) is 23.7 Å². The zero-order valence-electron chi connectivity index (χ0n) is 6.90. The van der Waals surface area contributed by atoms with Crippen molar-refractivity contribution in [2.75, 3.05) is 6.61 Å². The average Bonchev–Trinajstić information content (AvgIpc) is 2.52. The molecule has 1 heterocycles. The summed E-state index contributed by atoms with van der Waals surface area (Å²) in [5, 5.41) is 0.707. The van der Waals surface area contributed by atoms with Crippen LogP contribution in [0.1, 0.15) is 11.6 Å². The molecule has 0 spiro atoms. The minimum atomic E-state index is -0.00120. The highest BCUT2D eigenvalue weighted by Gasteiger charge is 2.18. The minimum Gasteiger partial charge on any atom is -0.463 e. The molecule has 68 valence electrons. The molecule has 1 aromatic rings. The van der Waals surface area contributed by atoms with Gasteiger partial charge >= 0.3 is 0 Å². The van der Waals surface area contributed by atoms with Crippen LogP contribution in [0.3, 0.4) is 0 Å². The average molecular weight is 197 g/mol. The number of hydrogen-bond acceptors (Lipinski definition) is 3. The zero-order chi connectivity index (χ0) is 9.26. The Morgan fingerprint density at radius 3 is 3.00 bits per heavy atom. The van der Waals surface area contributed by atoms with Crippen LogP contribution in [-0.4, -0.2) is 12.6 Å². The van der Waals surface area contributed by atoms with Crippen LogP contribution < -0.4 is 5.73 Å². The van der Waals surface area contributed by atoms with Crippen molar-refractivity contribution in [2.24, 2.45) is 10.7 Å². The molecule has 0 fully saturated rings. The Kier molecular flexibility index (Phi) is 2.10. The molecule has 1 atom stereocenters. The zero-order valence-corrected chi connectivity index (χ0v) is 7.66. The predicted molar refractivity (Wildman–Crippen MR) is 51.8 cm³/mol. The smallest absolute Gasteiger partial charge is 0.282 e. The Hall–Kier alpha value is -1.22. The third kappa shape index (κ3) is 1.75. The molecule has 2 N–H and O–H groups in total. The van der Waals surface area contributed by atoms with Crippen molar-refractivity contribution in [1.29, 1.82) is 0 Å². The van der Waals surface area contributed by atoms with Gasteiger partial charge in [0.15, 0.2) is 0 Å². The first kappa shape index (κ1) is 8.38. The van der Waals surface area contributed by atoms with Crippen LogP contribution in [0.4, 0.5) is 0 Å². The molecule has 1 unspecified atom stereocenters. The van der Waals surface area contributed by atoms with E-state index >= 15 is 0 Å². The molecule has 1 aliphatic heterocycles. The summed E-state index contributed by atoms with van der Waals surface area (Å²) in [6.07, 6.45) is 0. The number of rotatable bonds is 1. The Balaban J connectivity index is 2.26. The van der Waals surface area contributed by atoms with Crippen LogP contribution in [0.2, 0.25) is 5.02 Å². The number of nitrogens with two attached hydrogens (primary N) is 1. The van der Waals surface area contributed by atoms with Gasteiger partial charge in [-0.05, 0) is 17.7 Å². The van der Waals surface area contributed by atoms with Crippen LogP contribution in [0.25, 0.3) is 0 Å². The summed E-state index contributed by atoms with van der Waals surface area (Å²) in [5.74, 6) is 0. The number of aliphatic imine (C=N–C) groups is 1. The summed E-state index contributed by atoms with van der Waals surface area (Å²) in [6, 6.07) is 7.80. The number of benzene rings is 1. The first-order valence-corrected chi connectivity index (χ1v) is 4.35. The second-order valence-electron chi connectivity index (χ2n) is 2.85. The highest BCUT2D eigenvalue weighted by Crippen LogP contribution is 2.23. The lowest BCUT2D eigenvalue weighted by molar-refractivity contribution is 0.315. The molecule has 0 saturated heterocycles. The van der Waals surface area contributed by atoms with Crippen molar-refractivity contribution >= 4 is 17.6 Å². The predicted octanol–water partition coefficient (Wildman–Crippen LogP) is 1.73. The highest BCUT2D eigenvalue weighted by atomic mass is 35.5. The fourth-order valence-electron chi connectivity index (χ4n) is 1.28. The van der Waals surface area contributed by atoms with E-state index in [9.17, 15) is 0 Å². The van der Waals surface area contributed by atoms with Crippen molar-refractivity contribution in [2.45, 2.75) is 6.04 Å². The molecule has 13 heavy (non-hydrogen) atoms. The molecule has 2 rings (SSSR count). The second-order valence-corrected chi connectivity index (χ2v) is 3.29. The summed E-state index contributed by atoms with van der Waals surface area (Å²) >= 11 is 5.84. The van der Waals surface area contributed by atoms with Gasteiger partial charge in [0.2, 0.25) is 0 Å². The molecule has 3 nitrogen and oxygen atoms in total. The maximum atomic E-state index is 5.84. The van der Waals surface area contributed by atoms with Crippen LogP contribution in [0.15, 0.2) is 29.3 Å². The van der Waals surface area contributed by atoms with E-state index in [0.717, 1.165) is 5.56 Å². The normalized spacial score (nSPS) is 21.0.